The second kappa shape index (κ2) is 5.27. The number of para-hydroxylation sites is 1. The van der Waals surface area contributed by atoms with Crippen molar-refractivity contribution in [3.63, 3.8) is 0 Å². The molecule has 0 spiro atoms. The van der Waals surface area contributed by atoms with Gasteiger partial charge in [0, 0.05) is 17.7 Å². The Kier molecular flexibility index (Phi) is 3.74. The first-order chi connectivity index (χ1) is 8.22. The monoisotopic (exact) mass is 234 g/mol. The summed E-state index contributed by atoms with van der Waals surface area (Å²) in [5.41, 5.74) is 1.17. The van der Waals surface area contributed by atoms with Gasteiger partial charge in [0.2, 0.25) is 0 Å². The van der Waals surface area contributed by atoms with Crippen molar-refractivity contribution >= 4 is 5.69 Å². The summed E-state index contributed by atoms with van der Waals surface area (Å²) in [5.74, 6) is 0.353. The first-order valence-corrected chi connectivity index (χ1v) is 6.19. The van der Waals surface area contributed by atoms with Crippen LogP contribution in [0.15, 0.2) is 24.3 Å². The predicted octanol–water partition coefficient (Wildman–Crippen LogP) is 2.84. The fraction of sp³-hybridized carbons (Fsp3) is 0.538. The van der Waals surface area contributed by atoms with Crippen LogP contribution in [0.25, 0.3) is 0 Å². The molecule has 0 atom stereocenters. The summed E-state index contributed by atoms with van der Waals surface area (Å²) in [7, 11) is 0. The van der Waals surface area contributed by atoms with Crippen LogP contribution in [-0.2, 0) is 0 Å². The summed E-state index contributed by atoms with van der Waals surface area (Å²) in [4.78, 5) is 10.6. The standard InChI is InChI=1S/C13H18N2O2/c1-2-7-14-11-8-10(9-11)12-5-3-4-6-13(12)15(16)17/h3-6,10-11,14H,2,7-9H2,1H3. The maximum Gasteiger partial charge on any atom is 0.272 e. The van der Waals surface area contributed by atoms with Gasteiger partial charge in [-0.1, -0.05) is 25.1 Å². The molecule has 0 bridgehead atoms. The molecule has 1 aliphatic rings. The topological polar surface area (TPSA) is 55.2 Å². The molecule has 1 N–H and O–H groups in total. The van der Waals surface area contributed by atoms with Gasteiger partial charge in [0.15, 0.2) is 0 Å². The second-order valence-corrected chi connectivity index (χ2v) is 4.64. The van der Waals surface area contributed by atoms with Gasteiger partial charge in [-0.3, -0.25) is 10.1 Å². The molecule has 4 nitrogen and oxygen atoms in total. The molecule has 4 heteroatoms. The molecule has 0 saturated heterocycles. The highest BCUT2D eigenvalue weighted by molar-refractivity contribution is 5.43. The van der Waals surface area contributed by atoms with E-state index in [-0.39, 0.29) is 10.6 Å². The van der Waals surface area contributed by atoms with Crippen molar-refractivity contribution < 1.29 is 4.92 Å². The Morgan fingerprint density at radius 3 is 2.76 bits per heavy atom. The van der Waals surface area contributed by atoms with E-state index in [1.165, 1.54) is 0 Å². The minimum Gasteiger partial charge on any atom is -0.314 e. The Hall–Kier alpha value is -1.42. The lowest BCUT2D eigenvalue weighted by atomic mass is 9.75. The van der Waals surface area contributed by atoms with Gasteiger partial charge in [0.05, 0.1) is 4.92 Å². The lowest BCUT2D eigenvalue weighted by Gasteiger charge is -2.36. The molecule has 1 aromatic carbocycles. The van der Waals surface area contributed by atoms with E-state index >= 15 is 0 Å². The molecular formula is C13H18N2O2. The molecule has 1 fully saturated rings. The highest BCUT2D eigenvalue weighted by atomic mass is 16.6. The average Bonchev–Trinajstić information content (AvgIpc) is 2.27. The van der Waals surface area contributed by atoms with Gasteiger partial charge in [-0.25, -0.2) is 0 Å². The summed E-state index contributed by atoms with van der Waals surface area (Å²) >= 11 is 0. The number of nitro benzene ring substituents is 1. The van der Waals surface area contributed by atoms with Gasteiger partial charge >= 0.3 is 0 Å². The lowest BCUT2D eigenvalue weighted by Crippen LogP contribution is -2.40. The van der Waals surface area contributed by atoms with Gasteiger partial charge in [-0.15, -0.1) is 0 Å². The normalized spacial score (nSPS) is 23.1. The van der Waals surface area contributed by atoms with Crippen LogP contribution < -0.4 is 5.32 Å². The van der Waals surface area contributed by atoms with Gasteiger partial charge in [-0.2, -0.15) is 0 Å². The van der Waals surface area contributed by atoms with Crippen LogP contribution in [0.2, 0.25) is 0 Å². The predicted molar refractivity (Wildman–Crippen MR) is 67.2 cm³/mol. The highest BCUT2D eigenvalue weighted by Gasteiger charge is 2.33. The van der Waals surface area contributed by atoms with Crippen molar-refractivity contribution in [2.75, 3.05) is 6.54 Å². The molecule has 0 heterocycles. The van der Waals surface area contributed by atoms with Crippen LogP contribution in [0.4, 0.5) is 5.69 Å². The summed E-state index contributed by atoms with van der Waals surface area (Å²) in [5, 5.41) is 14.4. The fourth-order valence-corrected chi connectivity index (χ4v) is 2.39. The Labute approximate surface area is 101 Å². The van der Waals surface area contributed by atoms with Crippen LogP contribution in [0.1, 0.15) is 37.7 Å². The second-order valence-electron chi connectivity index (χ2n) is 4.64. The molecule has 0 radical (unpaired) electrons. The van der Waals surface area contributed by atoms with Crippen LogP contribution in [0.3, 0.4) is 0 Å². The molecule has 0 amide bonds. The molecule has 1 saturated carbocycles. The minimum atomic E-state index is -0.276. The van der Waals surface area contributed by atoms with E-state index in [4.69, 9.17) is 0 Å². The summed E-state index contributed by atoms with van der Waals surface area (Å²) < 4.78 is 0. The smallest absolute Gasteiger partial charge is 0.272 e. The van der Waals surface area contributed by atoms with Crippen molar-refractivity contribution in [2.45, 2.75) is 38.1 Å². The number of nitrogens with zero attached hydrogens (tertiary/aromatic N) is 1. The lowest BCUT2D eigenvalue weighted by molar-refractivity contribution is -0.385. The SMILES string of the molecule is CCCNC1CC(c2ccccc2[N+](=O)[O-])C1. The van der Waals surface area contributed by atoms with E-state index in [1.54, 1.807) is 12.1 Å². The van der Waals surface area contributed by atoms with Crippen molar-refractivity contribution in [3.05, 3.63) is 39.9 Å². The van der Waals surface area contributed by atoms with Crippen molar-refractivity contribution in [3.8, 4) is 0 Å². The maximum atomic E-state index is 10.9. The van der Waals surface area contributed by atoms with Gasteiger partial charge in [0.25, 0.3) is 5.69 Å². The number of rotatable bonds is 5. The van der Waals surface area contributed by atoms with Crippen LogP contribution in [0, 0.1) is 10.1 Å². The zero-order valence-electron chi connectivity index (χ0n) is 10.1. The minimum absolute atomic E-state index is 0.270. The Bertz CT molecular complexity index is 400. The van der Waals surface area contributed by atoms with E-state index in [0.717, 1.165) is 31.4 Å². The average molecular weight is 234 g/mol. The van der Waals surface area contributed by atoms with E-state index in [1.807, 2.05) is 12.1 Å². The first kappa shape index (κ1) is 12.0. The third-order valence-corrected chi connectivity index (χ3v) is 3.39. The number of hydrogen-bond acceptors (Lipinski definition) is 3. The Morgan fingerprint density at radius 1 is 1.41 bits per heavy atom. The number of benzene rings is 1. The van der Waals surface area contributed by atoms with Crippen molar-refractivity contribution in [1.82, 2.24) is 5.32 Å². The van der Waals surface area contributed by atoms with Crippen LogP contribution >= 0.6 is 0 Å². The molecule has 17 heavy (non-hydrogen) atoms. The molecule has 0 aromatic heterocycles. The fourth-order valence-electron chi connectivity index (χ4n) is 2.39. The van der Waals surface area contributed by atoms with Crippen LogP contribution in [0.5, 0.6) is 0 Å². The maximum absolute atomic E-state index is 10.9. The van der Waals surface area contributed by atoms with Crippen molar-refractivity contribution in [2.24, 2.45) is 0 Å². The van der Waals surface area contributed by atoms with Gasteiger partial charge in [-0.05, 0) is 31.7 Å². The molecule has 92 valence electrons. The molecule has 0 unspecified atom stereocenters. The van der Waals surface area contributed by atoms with Crippen molar-refractivity contribution in [1.29, 1.82) is 0 Å². The third-order valence-electron chi connectivity index (χ3n) is 3.39. The summed E-state index contributed by atoms with van der Waals surface area (Å²) in [6.45, 7) is 3.18. The zero-order chi connectivity index (χ0) is 12.3. The van der Waals surface area contributed by atoms with E-state index < -0.39 is 0 Å². The highest BCUT2D eigenvalue weighted by Crippen LogP contribution is 2.40. The van der Waals surface area contributed by atoms with Gasteiger partial charge in [0.1, 0.15) is 0 Å². The molecule has 1 aromatic rings. The number of hydrogen-bond donors (Lipinski definition) is 1. The van der Waals surface area contributed by atoms with E-state index in [9.17, 15) is 10.1 Å². The van der Waals surface area contributed by atoms with Crippen LogP contribution in [-0.4, -0.2) is 17.5 Å². The molecular weight excluding hydrogens is 216 g/mol. The molecule has 2 rings (SSSR count). The summed E-state index contributed by atoms with van der Waals surface area (Å²) in [6, 6.07) is 7.64. The number of nitro groups is 1. The largest absolute Gasteiger partial charge is 0.314 e. The Balaban J connectivity index is 1.99. The molecule has 1 aliphatic carbocycles. The zero-order valence-corrected chi connectivity index (χ0v) is 10.1. The third kappa shape index (κ3) is 2.64. The summed E-state index contributed by atoms with van der Waals surface area (Å²) in [6.07, 6.45) is 3.17. The quantitative estimate of drug-likeness (QED) is 0.629. The number of nitrogens with one attached hydrogen (secondary N) is 1. The van der Waals surface area contributed by atoms with E-state index in [0.29, 0.717) is 12.0 Å². The molecule has 0 aliphatic heterocycles. The Morgan fingerprint density at radius 2 is 2.12 bits per heavy atom. The van der Waals surface area contributed by atoms with E-state index in [2.05, 4.69) is 12.2 Å². The van der Waals surface area contributed by atoms with Gasteiger partial charge < -0.3 is 5.32 Å². The first-order valence-electron chi connectivity index (χ1n) is 6.19.